The molecule has 188 valence electrons. The van der Waals surface area contributed by atoms with Gasteiger partial charge < -0.3 is 25.8 Å². The second-order valence-electron chi connectivity index (χ2n) is 9.73. The zero-order valence-electron chi connectivity index (χ0n) is 20.8. The standard InChI is InChI=1S/C26H35ClN6O2/c1-4-18-13-20(15-29-24(18)28)30-25(34)26(35)33-16-17(2)5-7-22(33)19-6-8-23(21(27)14-19)32-11-9-31(3)10-12-32/h6,8,13-15,17,22H,4-5,7,9-12,16H2,1-3H3,(H2,28,29)(H,30,34). The Morgan fingerprint density at radius 1 is 1.17 bits per heavy atom. The molecular weight excluding hydrogens is 464 g/mol. The summed E-state index contributed by atoms with van der Waals surface area (Å²) in [6.07, 6.45) is 3.93. The molecule has 0 radical (unpaired) electrons. The molecule has 2 fully saturated rings. The third-order valence-electron chi connectivity index (χ3n) is 7.11. The number of piperazine rings is 1. The predicted molar refractivity (Wildman–Crippen MR) is 141 cm³/mol. The molecule has 2 unspecified atom stereocenters. The van der Waals surface area contributed by atoms with Gasteiger partial charge in [0.2, 0.25) is 0 Å². The van der Waals surface area contributed by atoms with Gasteiger partial charge in [-0.15, -0.1) is 0 Å². The molecule has 2 aliphatic heterocycles. The number of pyridine rings is 1. The van der Waals surface area contributed by atoms with Gasteiger partial charge in [0, 0.05) is 32.7 Å². The Hall–Kier alpha value is -2.84. The number of nitrogens with zero attached hydrogens (tertiary/aromatic N) is 4. The molecule has 0 spiro atoms. The molecule has 2 atom stereocenters. The molecule has 1 aromatic heterocycles. The fraction of sp³-hybridized carbons (Fsp3) is 0.500. The molecule has 35 heavy (non-hydrogen) atoms. The van der Waals surface area contributed by atoms with Crippen LogP contribution in [-0.4, -0.2) is 66.4 Å². The SMILES string of the molecule is CCc1cc(NC(=O)C(=O)N2CC(C)CCC2c2ccc(N3CCN(C)CC3)c(Cl)c2)cnc1N. The molecule has 8 nitrogen and oxygen atoms in total. The van der Waals surface area contributed by atoms with Crippen molar-refractivity contribution in [2.75, 3.05) is 55.7 Å². The fourth-order valence-corrected chi connectivity index (χ4v) is 5.25. The molecular formula is C26H35ClN6O2. The van der Waals surface area contributed by atoms with Crippen molar-refractivity contribution in [2.45, 2.75) is 39.2 Å². The predicted octanol–water partition coefficient (Wildman–Crippen LogP) is 3.57. The third-order valence-corrected chi connectivity index (χ3v) is 7.42. The van der Waals surface area contributed by atoms with Crippen molar-refractivity contribution in [2.24, 2.45) is 5.92 Å². The molecule has 9 heteroatoms. The number of aryl methyl sites for hydroxylation is 1. The highest BCUT2D eigenvalue weighted by molar-refractivity contribution is 6.39. The maximum atomic E-state index is 13.3. The lowest BCUT2D eigenvalue weighted by Crippen LogP contribution is -2.46. The van der Waals surface area contributed by atoms with Gasteiger partial charge in [-0.25, -0.2) is 4.98 Å². The van der Waals surface area contributed by atoms with E-state index in [1.54, 1.807) is 11.0 Å². The summed E-state index contributed by atoms with van der Waals surface area (Å²) in [7, 11) is 2.13. The van der Waals surface area contributed by atoms with E-state index >= 15 is 0 Å². The van der Waals surface area contributed by atoms with Gasteiger partial charge in [-0.1, -0.05) is 31.5 Å². The summed E-state index contributed by atoms with van der Waals surface area (Å²) in [4.78, 5) is 36.7. The molecule has 2 saturated heterocycles. The van der Waals surface area contributed by atoms with Gasteiger partial charge in [-0.05, 0) is 61.6 Å². The first-order chi connectivity index (χ1) is 16.8. The van der Waals surface area contributed by atoms with E-state index in [1.807, 2.05) is 13.0 Å². The molecule has 2 amide bonds. The highest BCUT2D eigenvalue weighted by atomic mass is 35.5. The Bertz CT molecular complexity index is 1090. The number of hydrogen-bond acceptors (Lipinski definition) is 6. The first-order valence-electron chi connectivity index (χ1n) is 12.4. The van der Waals surface area contributed by atoms with Crippen LogP contribution in [0.2, 0.25) is 5.02 Å². The summed E-state index contributed by atoms with van der Waals surface area (Å²) < 4.78 is 0. The normalized spacial score (nSPS) is 21.1. The highest BCUT2D eigenvalue weighted by Gasteiger charge is 2.34. The number of hydrogen-bond donors (Lipinski definition) is 2. The summed E-state index contributed by atoms with van der Waals surface area (Å²) in [6, 6.07) is 7.64. The molecule has 3 heterocycles. The van der Waals surface area contributed by atoms with E-state index in [0.29, 0.717) is 35.4 Å². The zero-order chi connectivity index (χ0) is 25.1. The van der Waals surface area contributed by atoms with Crippen molar-refractivity contribution in [3.63, 3.8) is 0 Å². The van der Waals surface area contributed by atoms with Gasteiger partial charge in [-0.3, -0.25) is 9.59 Å². The Labute approximate surface area is 212 Å². The summed E-state index contributed by atoms with van der Waals surface area (Å²) in [5.41, 5.74) is 9.14. The Balaban J connectivity index is 1.52. The van der Waals surface area contributed by atoms with Crippen LogP contribution in [0.3, 0.4) is 0 Å². The number of anilines is 3. The number of rotatable bonds is 4. The number of nitrogen functional groups attached to an aromatic ring is 1. The quantitative estimate of drug-likeness (QED) is 0.626. The maximum Gasteiger partial charge on any atom is 0.313 e. The van der Waals surface area contributed by atoms with Crippen molar-refractivity contribution in [1.82, 2.24) is 14.8 Å². The van der Waals surface area contributed by atoms with Crippen molar-refractivity contribution in [1.29, 1.82) is 0 Å². The minimum Gasteiger partial charge on any atom is -0.383 e. The van der Waals surface area contributed by atoms with Gasteiger partial charge in [0.1, 0.15) is 5.82 Å². The van der Waals surface area contributed by atoms with E-state index in [4.69, 9.17) is 17.3 Å². The van der Waals surface area contributed by atoms with Crippen LogP contribution in [0, 0.1) is 5.92 Å². The van der Waals surface area contributed by atoms with E-state index in [1.165, 1.54) is 6.20 Å². The molecule has 4 rings (SSSR count). The molecule has 0 saturated carbocycles. The van der Waals surface area contributed by atoms with Gasteiger partial charge in [-0.2, -0.15) is 0 Å². The number of nitrogens with two attached hydrogens (primary N) is 1. The van der Waals surface area contributed by atoms with Crippen molar-refractivity contribution >= 4 is 40.6 Å². The summed E-state index contributed by atoms with van der Waals surface area (Å²) >= 11 is 6.73. The summed E-state index contributed by atoms with van der Waals surface area (Å²) in [5, 5.41) is 3.39. The number of carbonyl (C=O) groups is 2. The number of amides is 2. The van der Waals surface area contributed by atoms with Crippen molar-refractivity contribution in [3.8, 4) is 0 Å². The van der Waals surface area contributed by atoms with Gasteiger partial charge in [0.15, 0.2) is 0 Å². The average molecular weight is 499 g/mol. The molecule has 3 N–H and O–H groups in total. The van der Waals surface area contributed by atoms with Crippen LogP contribution >= 0.6 is 11.6 Å². The Morgan fingerprint density at radius 2 is 1.91 bits per heavy atom. The Morgan fingerprint density at radius 3 is 2.60 bits per heavy atom. The molecule has 2 aliphatic rings. The minimum atomic E-state index is -0.669. The zero-order valence-corrected chi connectivity index (χ0v) is 21.5. The van der Waals surface area contributed by atoms with E-state index in [2.05, 4.69) is 46.2 Å². The Kier molecular flexibility index (Phi) is 7.82. The number of likely N-dealkylation sites (N-methyl/N-ethyl adjacent to an activating group) is 1. The van der Waals surface area contributed by atoms with Gasteiger partial charge in [0.05, 0.1) is 28.6 Å². The largest absolute Gasteiger partial charge is 0.383 e. The van der Waals surface area contributed by atoms with Crippen molar-refractivity contribution < 1.29 is 9.59 Å². The van der Waals surface area contributed by atoms with Crippen LogP contribution < -0.4 is 16.0 Å². The second-order valence-corrected chi connectivity index (χ2v) is 10.1. The van der Waals surface area contributed by atoms with E-state index in [-0.39, 0.29) is 6.04 Å². The van der Waals surface area contributed by atoms with Crippen LogP contribution in [-0.2, 0) is 16.0 Å². The second kappa shape index (κ2) is 10.8. The first-order valence-corrected chi connectivity index (χ1v) is 12.7. The van der Waals surface area contributed by atoms with E-state index < -0.39 is 11.8 Å². The van der Waals surface area contributed by atoms with Crippen LogP contribution in [0.4, 0.5) is 17.2 Å². The van der Waals surface area contributed by atoms with Crippen LogP contribution in [0.15, 0.2) is 30.5 Å². The van der Waals surface area contributed by atoms with Crippen LogP contribution in [0.5, 0.6) is 0 Å². The third kappa shape index (κ3) is 5.70. The fourth-order valence-electron chi connectivity index (χ4n) is 4.95. The minimum absolute atomic E-state index is 0.195. The van der Waals surface area contributed by atoms with E-state index in [0.717, 1.165) is 55.8 Å². The summed E-state index contributed by atoms with van der Waals surface area (Å²) in [5.74, 6) is -0.472. The lowest BCUT2D eigenvalue weighted by molar-refractivity contribution is -0.146. The summed E-state index contributed by atoms with van der Waals surface area (Å²) in [6.45, 7) is 8.45. The average Bonchev–Trinajstić information content (AvgIpc) is 2.85. The molecule has 0 aliphatic carbocycles. The van der Waals surface area contributed by atoms with Crippen LogP contribution in [0.25, 0.3) is 0 Å². The maximum absolute atomic E-state index is 13.3. The number of benzene rings is 1. The monoisotopic (exact) mass is 498 g/mol. The number of nitrogens with one attached hydrogen (secondary N) is 1. The van der Waals surface area contributed by atoms with E-state index in [9.17, 15) is 9.59 Å². The topological polar surface area (TPSA) is 94.8 Å². The van der Waals surface area contributed by atoms with Crippen molar-refractivity contribution in [3.05, 3.63) is 46.6 Å². The lowest BCUT2D eigenvalue weighted by Gasteiger charge is -2.39. The number of aromatic nitrogens is 1. The van der Waals surface area contributed by atoms with Crippen LogP contribution in [0.1, 0.15) is 43.9 Å². The first kappa shape index (κ1) is 25.3. The lowest BCUT2D eigenvalue weighted by atomic mass is 9.89. The number of piperidine rings is 1. The molecule has 2 aromatic rings. The number of halogens is 1. The van der Waals surface area contributed by atoms with Gasteiger partial charge >= 0.3 is 11.8 Å². The van der Waals surface area contributed by atoms with Gasteiger partial charge in [0.25, 0.3) is 0 Å². The number of carbonyl (C=O) groups excluding carboxylic acids is 2. The number of likely N-dealkylation sites (tertiary alicyclic amines) is 1. The smallest absolute Gasteiger partial charge is 0.313 e. The molecule has 1 aromatic carbocycles. The highest BCUT2D eigenvalue weighted by Crippen LogP contribution is 2.37. The molecule has 0 bridgehead atoms.